The van der Waals surface area contributed by atoms with Gasteiger partial charge in [-0.25, -0.2) is 9.97 Å². The summed E-state index contributed by atoms with van der Waals surface area (Å²) < 4.78 is 0. The highest BCUT2D eigenvalue weighted by atomic mass is 16.2. The highest BCUT2D eigenvalue weighted by molar-refractivity contribution is 6.04. The first-order chi connectivity index (χ1) is 9.74. The average Bonchev–Trinajstić information content (AvgIpc) is 3.31. The molecule has 1 saturated carbocycles. The maximum absolute atomic E-state index is 12.3. The van der Waals surface area contributed by atoms with Gasteiger partial charge >= 0.3 is 0 Å². The lowest BCUT2D eigenvalue weighted by atomic mass is 10.3. The molecule has 0 spiro atoms. The van der Waals surface area contributed by atoms with Crippen molar-refractivity contribution in [2.24, 2.45) is 0 Å². The van der Waals surface area contributed by atoms with Crippen LogP contribution in [0, 0.1) is 0 Å². The summed E-state index contributed by atoms with van der Waals surface area (Å²) in [5.74, 6) is 0.563. The number of para-hydroxylation sites is 1. The Morgan fingerprint density at radius 1 is 1.20 bits per heavy atom. The van der Waals surface area contributed by atoms with Gasteiger partial charge in [0.05, 0.1) is 12.4 Å². The zero-order valence-electron chi connectivity index (χ0n) is 11.3. The van der Waals surface area contributed by atoms with E-state index in [1.165, 1.54) is 19.0 Å². The summed E-state index contributed by atoms with van der Waals surface area (Å²) in [6.45, 7) is 0. The van der Waals surface area contributed by atoms with Gasteiger partial charge in [-0.3, -0.25) is 4.79 Å². The molecular formula is C15H16N4O. The van der Waals surface area contributed by atoms with Gasteiger partial charge in [0.2, 0.25) is 0 Å². The number of anilines is 2. The minimum atomic E-state index is -0.165. The SMILES string of the molecule is CN(C(=O)c1cnc(NC2CC2)cn1)c1ccccc1. The van der Waals surface area contributed by atoms with Crippen molar-refractivity contribution < 1.29 is 4.79 Å². The smallest absolute Gasteiger partial charge is 0.278 e. The maximum Gasteiger partial charge on any atom is 0.278 e. The van der Waals surface area contributed by atoms with Crippen molar-refractivity contribution in [3.05, 3.63) is 48.4 Å². The monoisotopic (exact) mass is 268 g/mol. The number of nitrogens with zero attached hydrogens (tertiary/aromatic N) is 3. The summed E-state index contributed by atoms with van der Waals surface area (Å²) in [5, 5.41) is 3.24. The summed E-state index contributed by atoms with van der Waals surface area (Å²) in [6.07, 6.45) is 5.50. The molecule has 0 bridgehead atoms. The van der Waals surface area contributed by atoms with Crippen LogP contribution in [0.1, 0.15) is 23.3 Å². The van der Waals surface area contributed by atoms with Crippen LogP contribution in [0.3, 0.4) is 0 Å². The summed E-state index contributed by atoms with van der Waals surface area (Å²) in [5.41, 5.74) is 1.18. The normalized spacial score (nSPS) is 13.8. The van der Waals surface area contributed by atoms with Gasteiger partial charge in [-0.1, -0.05) is 18.2 Å². The van der Waals surface area contributed by atoms with Crippen LogP contribution in [-0.4, -0.2) is 29.0 Å². The van der Waals surface area contributed by atoms with Crippen molar-refractivity contribution in [1.82, 2.24) is 9.97 Å². The Hall–Kier alpha value is -2.43. The van der Waals surface area contributed by atoms with Gasteiger partial charge in [0.15, 0.2) is 0 Å². The first-order valence-corrected chi connectivity index (χ1v) is 6.66. The third-order valence-corrected chi connectivity index (χ3v) is 3.25. The van der Waals surface area contributed by atoms with Crippen molar-refractivity contribution in [2.45, 2.75) is 18.9 Å². The molecule has 0 unspecified atom stereocenters. The zero-order valence-corrected chi connectivity index (χ0v) is 11.3. The minimum absolute atomic E-state index is 0.165. The summed E-state index contributed by atoms with van der Waals surface area (Å²) in [7, 11) is 1.73. The van der Waals surface area contributed by atoms with Gasteiger partial charge in [0.1, 0.15) is 11.5 Å². The Kier molecular flexibility index (Phi) is 3.33. The van der Waals surface area contributed by atoms with Crippen molar-refractivity contribution in [3.63, 3.8) is 0 Å². The summed E-state index contributed by atoms with van der Waals surface area (Å²) in [4.78, 5) is 22.3. The molecular weight excluding hydrogens is 252 g/mol. The van der Waals surface area contributed by atoms with Crippen LogP contribution in [-0.2, 0) is 0 Å². The van der Waals surface area contributed by atoms with Crippen LogP contribution >= 0.6 is 0 Å². The molecule has 1 amide bonds. The Morgan fingerprint density at radius 2 is 1.95 bits per heavy atom. The van der Waals surface area contributed by atoms with Crippen LogP contribution in [0.4, 0.5) is 11.5 Å². The van der Waals surface area contributed by atoms with Crippen molar-refractivity contribution in [3.8, 4) is 0 Å². The molecule has 5 nitrogen and oxygen atoms in total. The third-order valence-electron chi connectivity index (χ3n) is 3.25. The molecule has 1 N–H and O–H groups in total. The number of benzene rings is 1. The lowest BCUT2D eigenvalue weighted by Gasteiger charge is -2.16. The molecule has 1 aliphatic carbocycles. The largest absolute Gasteiger partial charge is 0.366 e. The van der Waals surface area contributed by atoms with E-state index in [1.807, 2.05) is 30.3 Å². The fourth-order valence-corrected chi connectivity index (χ4v) is 1.89. The van der Waals surface area contributed by atoms with E-state index < -0.39 is 0 Å². The fourth-order valence-electron chi connectivity index (χ4n) is 1.89. The fraction of sp³-hybridized carbons (Fsp3) is 0.267. The number of aromatic nitrogens is 2. The zero-order chi connectivity index (χ0) is 13.9. The van der Waals surface area contributed by atoms with Gasteiger partial charge < -0.3 is 10.2 Å². The number of amides is 1. The van der Waals surface area contributed by atoms with Gasteiger partial charge in [0.25, 0.3) is 5.91 Å². The number of carbonyl (C=O) groups is 1. The van der Waals surface area contributed by atoms with Gasteiger partial charge in [0, 0.05) is 18.8 Å². The highest BCUT2D eigenvalue weighted by Gasteiger charge is 2.21. The van der Waals surface area contributed by atoms with Crippen LogP contribution < -0.4 is 10.2 Å². The molecule has 0 atom stereocenters. The van der Waals surface area contributed by atoms with E-state index in [-0.39, 0.29) is 5.91 Å². The van der Waals surface area contributed by atoms with Crippen molar-refractivity contribution in [2.75, 3.05) is 17.3 Å². The Bertz CT molecular complexity index is 593. The number of hydrogen-bond donors (Lipinski definition) is 1. The average molecular weight is 268 g/mol. The molecule has 1 aliphatic rings. The first kappa shape index (κ1) is 12.6. The minimum Gasteiger partial charge on any atom is -0.366 e. The number of nitrogens with one attached hydrogen (secondary N) is 1. The lowest BCUT2D eigenvalue weighted by molar-refractivity contribution is 0.0988. The Labute approximate surface area is 117 Å². The molecule has 3 rings (SSSR count). The maximum atomic E-state index is 12.3. The predicted molar refractivity (Wildman–Crippen MR) is 77.9 cm³/mol. The van der Waals surface area contributed by atoms with Crippen LogP contribution in [0.15, 0.2) is 42.7 Å². The van der Waals surface area contributed by atoms with Crippen LogP contribution in [0.2, 0.25) is 0 Å². The van der Waals surface area contributed by atoms with Crippen molar-refractivity contribution in [1.29, 1.82) is 0 Å². The molecule has 0 saturated heterocycles. The highest BCUT2D eigenvalue weighted by Crippen LogP contribution is 2.23. The van der Waals surface area contributed by atoms with E-state index in [2.05, 4.69) is 15.3 Å². The molecule has 102 valence electrons. The Morgan fingerprint density at radius 3 is 2.55 bits per heavy atom. The predicted octanol–water partition coefficient (Wildman–Crippen LogP) is 2.33. The molecule has 5 heteroatoms. The number of rotatable bonds is 4. The second-order valence-corrected chi connectivity index (χ2v) is 4.91. The first-order valence-electron chi connectivity index (χ1n) is 6.66. The molecule has 1 heterocycles. The molecule has 1 aromatic carbocycles. The molecule has 2 aromatic rings. The summed E-state index contributed by atoms with van der Waals surface area (Å²) >= 11 is 0. The van der Waals surface area contributed by atoms with Crippen molar-refractivity contribution >= 4 is 17.4 Å². The van der Waals surface area contributed by atoms with Gasteiger partial charge in [-0.2, -0.15) is 0 Å². The molecule has 20 heavy (non-hydrogen) atoms. The van der Waals surface area contributed by atoms with Gasteiger partial charge in [-0.15, -0.1) is 0 Å². The number of carbonyl (C=O) groups excluding carboxylic acids is 1. The van der Waals surface area contributed by atoms with E-state index in [4.69, 9.17) is 0 Å². The second kappa shape index (κ2) is 5.28. The molecule has 0 radical (unpaired) electrons. The van der Waals surface area contributed by atoms with Gasteiger partial charge in [-0.05, 0) is 25.0 Å². The van der Waals surface area contributed by atoms with Crippen LogP contribution in [0.25, 0.3) is 0 Å². The quantitative estimate of drug-likeness (QED) is 0.924. The van der Waals surface area contributed by atoms with Crippen LogP contribution in [0.5, 0.6) is 0 Å². The topological polar surface area (TPSA) is 58.1 Å². The van der Waals surface area contributed by atoms with E-state index in [9.17, 15) is 4.79 Å². The second-order valence-electron chi connectivity index (χ2n) is 4.91. The lowest BCUT2D eigenvalue weighted by Crippen LogP contribution is -2.27. The number of hydrogen-bond acceptors (Lipinski definition) is 4. The Balaban J connectivity index is 1.72. The van der Waals surface area contributed by atoms with E-state index in [0.29, 0.717) is 11.7 Å². The molecule has 0 aliphatic heterocycles. The molecule has 1 aromatic heterocycles. The van der Waals surface area contributed by atoms with E-state index in [0.717, 1.165) is 11.5 Å². The summed E-state index contributed by atoms with van der Waals surface area (Å²) in [6, 6.07) is 10.0. The standard InChI is InChI=1S/C15H16N4O/c1-19(12-5-3-2-4-6-12)15(20)13-9-17-14(10-16-13)18-11-7-8-11/h2-6,9-11H,7-8H2,1H3,(H,17,18). The third kappa shape index (κ3) is 2.77. The van der Waals surface area contributed by atoms with E-state index in [1.54, 1.807) is 18.1 Å². The van der Waals surface area contributed by atoms with E-state index >= 15 is 0 Å². The molecule has 1 fully saturated rings.